The number of carbonyl (C=O) groups excluding carboxylic acids is 2. The average Bonchev–Trinajstić information content (AvgIpc) is 3.23. The van der Waals surface area contributed by atoms with Crippen molar-refractivity contribution in [1.82, 2.24) is 4.90 Å². The third kappa shape index (κ3) is 5.44. The molecule has 3 saturated carbocycles. The number of ketones is 1. The topological polar surface area (TPSA) is 65.1 Å². The highest BCUT2D eigenvalue weighted by molar-refractivity contribution is 6.06. The van der Waals surface area contributed by atoms with Crippen molar-refractivity contribution in [3.8, 4) is 11.5 Å². The molecule has 6 heteroatoms. The fourth-order valence-corrected chi connectivity index (χ4v) is 9.32. The van der Waals surface area contributed by atoms with E-state index in [0.717, 1.165) is 87.2 Å². The molecule has 0 spiro atoms. The van der Waals surface area contributed by atoms with Crippen molar-refractivity contribution in [2.75, 3.05) is 33.4 Å². The van der Waals surface area contributed by atoms with Gasteiger partial charge in [0.15, 0.2) is 17.3 Å². The molecule has 228 valence electrons. The zero-order valence-corrected chi connectivity index (χ0v) is 26.1. The van der Waals surface area contributed by atoms with E-state index in [1.807, 2.05) is 12.1 Å². The smallest absolute Gasteiger partial charge is 0.302 e. The Kier molecular flexibility index (Phi) is 8.30. The van der Waals surface area contributed by atoms with E-state index in [0.29, 0.717) is 30.1 Å². The van der Waals surface area contributed by atoms with Gasteiger partial charge in [-0.25, -0.2) is 0 Å². The summed E-state index contributed by atoms with van der Waals surface area (Å²) >= 11 is 0. The van der Waals surface area contributed by atoms with E-state index in [9.17, 15) is 9.59 Å². The Hall–Kier alpha value is -2.60. The first kappa shape index (κ1) is 29.5. The number of Topliss-reactive ketones (excluding diaryl/α,β-unsaturated/α-hetero) is 1. The monoisotopic (exact) mass is 575 g/mol. The molecule has 1 aromatic carbocycles. The Morgan fingerprint density at radius 3 is 2.57 bits per heavy atom. The number of hydrogen-bond acceptors (Lipinski definition) is 6. The fourth-order valence-electron chi connectivity index (χ4n) is 9.32. The van der Waals surface area contributed by atoms with Gasteiger partial charge in [0.25, 0.3) is 0 Å². The molecule has 0 amide bonds. The van der Waals surface area contributed by atoms with Crippen molar-refractivity contribution in [2.24, 2.45) is 28.6 Å². The lowest BCUT2D eigenvalue weighted by atomic mass is 9.48. The molecule has 1 saturated heterocycles. The molecule has 1 heterocycles. The maximum atomic E-state index is 14.0. The average molecular weight is 576 g/mol. The standard InChI is InChI=1S/C36H49NO5/c1-24(38)42-28-12-14-35(2)27(23-28)9-10-29-30(35)13-15-36(3)31(29)22-26(34(36)39)20-25-8-11-32(33(21-25)40-4)41-19-18-37-16-6-5-7-17-37/h8-9,11,20-21,28-31H,5-7,10,12-19,22-23H2,1-4H3. The third-order valence-corrected chi connectivity index (χ3v) is 11.7. The summed E-state index contributed by atoms with van der Waals surface area (Å²) in [6.07, 6.45) is 15.3. The summed E-state index contributed by atoms with van der Waals surface area (Å²) in [7, 11) is 1.69. The van der Waals surface area contributed by atoms with Gasteiger partial charge in [0, 0.05) is 25.3 Å². The number of carbonyl (C=O) groups is 2. The van der Waals surface area contributed by atoms with Crippen molar-refractivity contribution in [3.63, 3.8) is 0 Å². The van der Waals surface area contributed by atoms with E-state index in [4.69, 9.17) is 14.2 Å². The van der Waals surface area contributed by atoms with E-state index in [2.05, 4.69) is 37.0 Å². The zero-order valence-electron chi connectivity index (χ0n) is 26.1. The Labute approximate surface area is 251 Å². The molecule has 6 unspecified atom stereocenters. The SMILES string of the molecule is COc1cc(C=C2CC3C4CC=C5CC(OC(C)=O)CCC5(C)C4CCC3(C)C2=O)ccc1OCCN1CCCCC1. The van der Waals surface area contributed by atoms with E-state index >= 15 is 0 Å². The molecule has 6 nitrogen and oxygen atoms in total. The Morgan fingerprint density at radius 1 is 1.02 bits per heavy atom. The third-order valence-electron chi connectivity index (χ3n) is 11.7. The van der Waals surface area contributed by atoms with Crippen LogP contribution in [0.4, 0.5) is 0 Å². The summed E-state index contributed by atoms with van der Waals surface area (Å²) in [4.78, 5) is 28.0. The van der Waals surface area contributed by atoms with Crippen molar-refractivity contribution in [3.05, 3.63) is 41.0 Å². The fraction of sp³-hybridized carbons (Fsp3) is 0.667. The number of methoxy groups -OCH3 is 1. The molecule has 0 aromatic heterocycles. The van der Waals surface area contributed by atoms with Gasteiger partial charge in [0.05, 0.1) is 7.11 Å². The Balaban J connectivity index is 1.16. The molecule has 1 aromatic rings. The van der Waals surface area contributed by atoms with E-state index < -0.39 is 0 Å². The van der Waals surface area contributed by atoms with Gasteiger partial charge in [-0.2, -0.15) is 0 Å². The first-order valence-electron chi connectivity index (χ1n) is 16.4. The summed E-state index contributed by atoms with van der Waals surface area (Å²) in [5.41, 5.74) is 3.30. The molecule has 4 fully saturated rings. The summed E-state index contributed by atoms with van der Waals surface area (Å²) in [5.74, 6) is 3.12. The van der Waals surface area contributed by atoms with Gasteiger partial charge in [-0.1, -0.05) is 38.0 Å². The van der Waals surface area contributed by atoms with Crippen LogP contribution in [0, 0.1) is 28.6 Å². The highest BCUT2D eigenvalue weighted by Crippen LogP contribution is 2.65. The van der Waals surface area contributed by atoms with Crippen LogP contribution in [0.5, 0.6) is 11.5 Å². The van der Waals surface area contributed by atoms with Crippen molar-refractivity contribution < 1.29 is 23.8 Å². The minimum Gasteiger partial charge on any atom is -0.493 e. The number of rotatable bonds is 7. The highest BCUT2D eigenvalue weighted by atomic mass is 16.5. The van der Waals surface area contributed by atoms with Gasteiger partial charge in [-0.15, -0.1) is 0 Å². The molecule has 0 N–H and O–H groups in total. The molecule has 0 radical (unpaired) electrons. The number of ether oxygens (including phenoxy) is 3. The molecule has 42 heavy (non-hydrogen) atoms. The molecule has 0 bridgehead atoms. The molecule has 1 aliphatic heterocycles. The first-order valence-corrected chi connectivity index (χ1v) is 16.4. The number of piperidine rings is 1. The van der Waals surface area contributed by atoms with Gasteiger partial charge in [-0.3, -0.25) is 14.5 Å². The van der Waals surface area contributed by atoms with Gasteiger partial charge < -0.3 is 14.2 Å². The maximum Gasteiger partial charge on any atom is 0.302 e. The van der Waals surface area contributed by atoms with Crippen LogP contribution in [0.3, 0.4) is 0 Å². The molecular weight excluding hydrogens is 526 g/mol. The zero-order chi connectivity index (χ0) is 29.5. The van der Waals surface area contributed by atoms with Crippen LogP contribution in [0.15, 0.2) is 35.4 Å². The van der Waals surface area contributed by atoms with Crippen LogP contribution in [0.25, 0.3) is 6.08 Å². The number of likely N-dealkylation sites (tertiary alicyclic amines) is 1. The molecule has 4 aliphatic carbocycles. The van der Waals surface area contributed by atoms with Gasteiger partial charge in [0.1, 0.15) is 12.7 Å². The van der Waals surface area contributed by atoms with Crippen LogP contribution in [-0.4, -0.2) is 56.1 Å². The van der Waals surface area contributed by atoms with Gasteiger partial charge in [-0.05, 0) is 117 Å². The summed E-state index contributed by atoms with van der Waals surface area (Å²) < 4.78 is 17.4. The van der Waals surface area contributed by atoms with E-state index in [1.165, 1.54) is 31.8 Å². The number of fused-ring (bicyclic) bond motifs is 5. The lowest BCUT2D eigenvalue weighted by Crippen LogP contribution is -2.50. The van der Waals surface area contributed by atoms with Crippen molar-refractivity contribution in [2.45, 2.75) is 91.1 Å². The van der Waals surface area contributed by atoms with Crippen LogP contribution in [0.2, 0.25) is 0 Å². The van der Waals surface area contributed by atoms with Gasteiger partial charge >= 0.3 is 5.97 Å². The predicted molar refractivity (Wildman–Crippen MR) is 164 cm³/mol. The van der Waals surface area contributed by atoms with Crippen LogP contribution < -0.4 is 9.47 Å². The number of benzene rings is 1. The lowest BCUT2D eigenvalue weighted by Gasteiger charge is -2.56. The summed E-state index contributed by atoms with van der Waals surface area (Å²) in [5, 5.41) is 0. The number of hydrogen-bond donors (Lipinski definition) is 0. The molecular formula is C36H49NO5. The normalized spacial score (nSPS) is 35.6. The molecule has 6 rings (SSSR count). The largest absolute Gasteiger partial charge is 0.493 e. The van der Waals surface area contributed by atoms with Gasteiger partial charge in [0.2, 0.25) is 0 Å². The highest BCUT2D eigenvalue weighted by Gasteiger charge is 2.60. The number of nitrogens with zero attached hydrogens (tertiary/aromatic N) is 1. The Bertz CT molecular complexity index is 1260. The van der Waals surface area contributed by atoms with E-state index in [1.54, 1.807) is 7.11 Å². The maximum absolute atomic E-state index is 14.0. The molecule has 5 aliphatic rings. The molecule has 6 atom stereocenters. The number of esters is 1. The minimum absolute atomic E-state index is 0.0123. The van der Waals surface area contributed by atoms with Crippen LogP contribution in [-0.2, 0) is 14.3 Å². The second kappa shape index (κ2) is 11.8. The van der Waals surface area contributed by atoms with E-state index in [-0.39, 0.29) is 22.9 Å². The Morgan fingerprint density at radius 2 is 1.81 bits per heavy atom. The summed E-state index contributed by atoms with van der Waals surface area (Å²) in [6.45, 7) is 10.1. The second-order valence-corrected chi connectivity index (χ2v) is 14.1. The quantitative estimate of drug-likeness (QED) is 0.198. The summed E-state index contributed by atoms with van der Waals surface area (Å²) in [6, 6.07) is 6.07. The first-order chi connectivity index (χ1) is 20.2. The number of allylic oxidation sites excluding steroid dienone is 2. The second-order valence-electron chi connectivity index (χ2n) is 14.1. The van der Waals surface area contributed by atoms with Crippen LogP contribution >= 0.6 is 0 Å². The van der Waals surface area contributed by atoms with Crippen molar-refractivity contribution >= 4 is 17.8 Å². The predicted octanol–water partition coefficient (Wildman–Crippen LogP) is 7.02. The lowest BCUT2D eigenvalue weighted by molar-refractivity contribution is -0.148. The van der Waals surface area contributed by atoms with Crippen molar-refractivity contribution in [1.29, 1.82) is 0 Å². The minimum atomic E-state index is -0.286. The van der Waals surface area contributed by atoms with Crippen LogP contribution in [0.1, 0.15) is 90.5 Å².